The zero-order valence-electron chi connectivity index (χ0n) is 10.9. The van der Waals surface area contributed by atoms with Gasteiger partial charge in [0.25, 0.3) is 0 Å². The molecule has 1 aromatic carbocycles. The first kappa shape index (κ1) is 16.4. The lowest BCUT2D eigenvalue weighted by Gasteiger charge is -2.08. The molecule has 108 valence electrons. The van der Waals surface area contributed by atoms with Crippen molar-refractivity contribution >= 4 is 21.6 Å². The minimum Gasteiger partial charge on any atom is -0.382 e. The van der Waals surface area contributed by atoms with Crippen LogP contribution in [-0.4, -0.2) is 28.2 Å². The summed E-state index contributed by atoms with van der Waals surface area (Å²) in [6, 6.07) is 4.53. The maximum Gasteiger partial charge on any atom is 0.240 e. The summed E-state index contributed by atoms with van der Waals surface area (Å²) in [5.74, 6) is 0. The summed E-state index contributed by atoms with van der Waals surface area (Å²) in [6.45, 7) is 3.67. The van der Waals surface area contributed by atoms with Crippen molar-refractivity contribution in [3.05, 3.63) is 28.8 Å². The van der Waals surface area contributed by atoms with Gasteiger partial charge in [0, 0.05) is 31.3 Å². The summed E-state index contributed by atoms with van der Waals surface area (Å²) >= 11 is 5.95. The molecule has 0 atom stereocenters. The number of halogens is 1. The van der Waals surface area contributed by atoms with E-state index in [-0.39, 0.29) is 11.4 Å². The first-order chi connectivity index (χ1) is 9.01. The third-order valence-electron chi connectivity index (χ3n) is 2.52. The Bertz CT molecular complexity index is 506. The fraction of sp³-hybridized carbons (Fsp3) is 0.500. The lowest BCUT2D eigenvalue weighted by molar-refractivity contribution is 0.146. The van der Waals surface area contributed by atoms with Crippen LogP contribution < -0.4 is 10.5 Å². The van der Waals surface area contributed by atoms with Crippen LogP contribution in [0, 0.1) is 0 Å². The van der Waals surface area contributed by atoms with E-state index in [0.717, 1.165) is 5.56 Å². The van der Waals surface area contributed by atoms with Crippen LogP contribution in [0.1, 0.15) is 18.9 Å². The number of sulfonamides is 1. The van der Waals surface area contributed by atoms with Crippen LogP contribution in [0.5, 0.6) is 0 Å². The zero-order valence-corrected chi connectivity index (χ0v) is 12.4. The summed E-state index contributed by atoms with van der Waals surface area (Å²) in [5.41, 5.74) is 6.19. The number of rotatable bonds is 8. The minimum absolute atomic E-state index is 0.145. The van der Waals surface area contributed by atoms with Gasteiger partial charge in [-0.25, -0.2) is 13.1 Å². The van der Waals surface area contributed by atoms with Crippen LogP contribution in [-0.2, 0) is 21.3 Å². The molecule has 0 radical (unpaired) electrons. The van der Waals surface area contributed by atoms with Crippen molar-refractivity contribution in [3.8, 4) is 0 Å². The van der Waals surface area contributed by atoms with Gasteiger partial charge in [0.2, 0.25) is 10.0 Å². The maximum absolute atomic E-state index is 12.0. The van der Waals surface area contributed by atoms with Gasteiger partial charge in [-0.1, -0.05) is 17.7 Å². The molecule has 0 aliphatic heterocycles. The Labute approximate surface area is 119 Å². The highest BCUT2D eigenvalue weighted by Crippen LogP contribution is 2.20. The van der Waals surface area contributed by atoms with Gasteiger partial charge in [0.1, 0.15) is 0 Å². The number of hydrogen-bond donors (Lipinski definition) is 2. The Hall–Kier alpha value is -0.660. The highest BCUT2D eigenvalue weighted by atomic mass is 35.5. The van der Waals surface area contributed by atoms with E-state index in [0.29, 0.717) is 31.2 Å². The third kappa shape index (κ3) is 5.08. The van der Waals surface area contributed by atoms with Crippen LogP contribution in [0.25, 0.3) is 0 Å². The van der Waals surface area contributed by atoms with Gasteiger partial charge in [-0.05, 0) is 31.0 Å². The second-order valence-corrected chi connectivity index (χ2v) is 6.08. The predicted octanol–water partition coefficient (Wildman–Crippen LogP) is 1.50. The van der Waals surface area contributed by atoms with Crippen molar-refractivity contribution in [2.24, 2.45) is 5.73 Å². The molecule has 0 aliphatic carbocycles. The largest absolute Gasteiger partial charge is 0.382 e. The molecule has 0 unspecified atom stereocenters. The molecule has 0 amide bonds. The molecule has 0 saturated carbocycles. The number of benzene rings is 1. The Kier molecular flexibility index (Phi) is 6.74. The second kappa shape index (κ2) is 7.81. The summed E-state index contributed by atoms with van der Waals surface area (Å²) in [6.07, 6.45) is 0.627. The molecule has 0 heterocycles. The first-order valence-electron chi connectivity index (χ1n) is 6.07. The van der Waals surface area contributed by atoms with Gasteiger partial charge >= 0.3 is 0 Å². The SMILES string of the molecule is CCOCCCNS(=O)(=O)c1ccc(CN)c(Cl)c1. The smallest absolute Gasteiger partial charge is 0.240 e. The van der Waals surface area contributed by atoms with E-state index in [4.69, 9.17) is 22.1 Å². The topological polar surface area (TPSA) is 81.4 Å². The van der Waals surface area contributed by atoms with Crippen molar-refractivity contribution in [2.75, 3.05) is 19.8 Å². The van der Waals surface area contributed by atoms with Crippen molar-refractivity contribution in [1.29, 1.82) is 0 Å². The molecule has 1 rings (SSSR count). The van der Waals surface area contributed by atoms with Crippen LogP contribution in [0.2, 0.25) is 5.02 Å². The number of nitrogens with one attached hydrogen (secondary N) is 1. The fourth-order valence-electron chi connectivity index (χ4n) is 1.47. The molecular weight excluding hydrogens is 288 g/mol. The average molecular weight is 307 g/mol. The molecule has 0 aromatic heterocycles. The van der Waals surface area contributed by atoms with Gasteiger partial charge in [-0.3, -0.25) is 0 Å². The van der Waals surface area contributed by atoms with Gasteiger partial charge in [0.05, 0.1) is 4.90 Å². The van der Waals surface area contributed by atoms with E-state index in [1.165, 1.54) is 12.1 Å². The molecule has 3 N–H and O–H groups in total. The Morgan fingerprint density at radius 1 is 1.42 bits per heavy atom. The average Bonchev–Trinajstić information content (AvgIpc) is 2.38. The van der Waals surface area contributed by atoms with E-state index in [1.807, 2.05) is 6.92 Å². The fourth-order valence-corrected chi connectivity index (χ4v) is 2.89. The summed E-state index contributed by atoms with van der Waals surface area (Å²) in [4.78, 5) is 0.145. The molecular formula is C12H19ClN2O3S. The molecule has 0 aliphatic rings. The van der Waals surface area contributed by atoms with Crippen LogP contribution in [0.15, 0.2) is 23.1 Å². The van der Waals surface area contributed by atoms with Crippen LogP contribution in [0.4, 0.5) is 0 Å². The van der Waals surface area contributed by atoms with Gasteiger partial charge < -0.3 is 10.5 Å². The quantitative estimate of drug-likeness (QED) is 0.713. The molecule has 7 heteroatoms. The van der Waals surface area contributed by atoms with Gasteiger partial charge in [-0.2, -0.15) is 0 Å². The molecule has 0 bridgehead atoms. The normalized spacial score (nSPS) is 11.7. The second-order valence-electron chi connectivity index (χ2n) is 3.91. The lowest BCUT2D eigenvalue weighted by atomic mass is 10.2. The highest BCUT2D eigenvalue weighted by molar-refractivity contribution is 7.89. The predicted molar refractivity (Wildman–Crippen MR) is 75.6 cm³/mol. The van der Waals surface area contributed by atoms with Crippen molar-refractivity contribution < 1.29 is 13.2 Å². The summed E-state index contributed by atoms with van der Waals surface area (Å²) in [5, 5.41) is 0.361. The number of nitrogens with two attached hydrogens (primary N) is 1. The molecule has 0 saturated heterocycles. The van der Waals surface area contributed by atoms with E-state index in [1.54, 1.807) is 6.07 Å². The Balaban J connectivity index is 2.64. The molecule has 5 nitrogen and oxygen atoms in total. The molecule has 19 heavy (non-hydrogen) atoms. The zero-order chi connectivity index (χ0) is 14.3. The maximum atomic E-state index is 12.0. The Morgan fingerprint density at radius 2 is 2.16 bits per heavy atom. The van der Waals surface area contributed by atoms with Gasteiger partial charge in [0.15, 0.2) is 0 Å². The Morgan fingerprint density at radius 3 is 2.74 bits per heavy atom. The van der Waals surface area contributed by atoms with E-state index in [9.17, 15) is 8.42 Å². The monoisotopic (exact) mass is 306 g/mol. The third-order valence-corrected chi connectivity index (χ3v) is 4.33. The number of ether oxygens (including phenoxy) is 1. The molecule has 1 aromatic rings. The van der Waals surface area contributed by atoms with E-state index >= 15 is 0 Å². The lowest BCUT2D eigenvalue weighted by Crippen LogP contribution is -2.25. The standard InChI is InChI=1S/C12H19ClN2O3S/c1-2-18-7-3-6-15-19(16,17)11-5-4-10(9-14)12(13)8-11/h4-5,8,15H,2-3,6-7,9,14H2,1H3. The van der Waals surface area contributed by atoms with Crippen molar-refractivity contribution in [1.82, 2.24) is 4.72 Å². The first-order valence-corrected chi connectivity index (χ1v) is 7.93. The summed E-state index contributed by atoms with van der Waals surface area (Å²) in [7, 11) is -3.53. The van der Waals surface area contributed by atoms with E-state index < -0.39 is 10.0 Å². The van der Waals surface area contributed by atoms with Gasteiger partial charge in [-0.15, -0.1) is 0 Å². The summed E-state index contributed by atoms with van der Waals surface area (Å²) < 4.78 is 31.6. The van der Waals surface area contributed by atoms with Crippen LogP contribution >= 0.6 is 11.6 Å². The van der Waals surface area contributed by atoms with Crippen LogP contribution in [0.3, 0.4) is 0 Å². The highest BCUT2D eigenvalue weighted by Gasteiger charge is 2.14. The molecule has 0 spiro atoms. The minimum atomic E-state index is -3.53. The molecule has 0 fully saturated rings. The van der Waals surface area contributed by atoms with E-state index in [2.05, 4.69) is 4.72 Å². The van der Waals surface area contributed by atoms with Crippen molar-refractivity contribution in [2.45, 2.75) is 24.8 Å². The van der Waals surface area contributed by atoms with Crippen molar-refractivity contribution in [3.63, 3.8) is 0 Å². The number of hydrogen-bond acceptors (Lipinski definition) is 4.